The average Bonchev–Trinajstić information content (AvgIpc) is 2.67. The lowest BCUT2D eigenvalue weighted by Gasteiger charge is -2.34. The molecular formula is C18H20N4O3. The van der Waals surface area contributed by atoms with Crippen LogP contribution in [0.2, 0.25) is 0 Å². The number of aromatic carboxylic acids is 1. The zero-order valence-electron chi connectivity index (χ0n) is 13.8. The van der Waals surface area contributed by atoms with Crippen LogP contribution in [0.5, 0.6) is 0 Å². The van der Waals surface area contributed by atoms with E-state index < -0.39 is 5.97 Å². The first kappa shape index (κ1) is 16.9. The first-order valence-electron chi connectivity index (χ1n) is 8.25. The minimum Gasteiger partial charge on any atom is -0.478 e. The Kier molecular flexibility index (Phi) is 5.23. The third-order valence-electron chi connectivity index (χ3n) is 4.30. The van der Waals surface area contributed by atoms with Crippen molar-refractivity contribution in [1.82, 2.24) is 14.9 Å². The van der Waals surface area contributed by atoms with E-state index in [9.17, 15) is 9.59 Å². The molecule has 1 aliphatic heterocycles. The molecular weight excluding hydrogens is 320 g/mol. The predicted molar refractivity (Wildman–Crippen MR) is 92.5 cm³/mol. The maximum Gasteiger partial charge on any atom is 0.335 e. The van der Waals surface area contributed by atoms with E-state index in [0.717, 1.165) is 18.7 Å². The van der Waals surface area contributed by atoms with Crippen LogP contribution in [-0.4, -0.2) is 58.0 Å². The molecule has 0 aliphatic carbocycles. The molecule has 0 radical (unpaired) electrons. The third kappa shape index (κ3) is 4.32. The Labute approximate surface area is 145 Å². The van der Waals surface area contributed by atoms with Crippen molar-refractivity contribution in [1.29, 1.82) is 0 Å². The minimum absolute atomic E-state index is 0.121. The van der Waals surface area contributed by atoms with Gasteiger partial charge in [-0.05, 0) is 30.2 Å². The number of carboxylic acids is 1. The van der Waals surface area contributed by atoms with E-state index in [1.165, 1.54) is 0 Å². The van der Waals surface area contributed by atoms with Gasteiger partial charge in [0.15, 0.2) is 0 Å². The van der Waals surface area contributed by atoms with E-state index >= 15 is 0 Å². The first-order valence-corrected chi connectivity index (χ1v) is 8.25. The van der Waals surface area contributed by atoms with Gasteiger partial charge in [0, 0.05) is 45.0 Å². The van der Waals surface area contributed by atoms with Crippen LogP contribution in [0.1, 0.15) is 22.3 Å². The molecule has 1 fully saturated rings. The summed E-state index contributed by atoms with van der Waals surface area (Å²) in [5.74, 6) is -0.119. The van der Waals surface area contributed by atoms with Crippen molar-refractivity contribution < 1.29 is 14.7 Å². The molecule has 0 saturated carbocycles. The molecule has 1 N–H and O–H groups in total. The summed E-state index contributed by atoms with van der Waals surface area (Å²) in [4.78, 5) is 35.6. The van der Waals surface area contributed by atoms with Crippen molar-refractivity contribution in [3.63, 3.8) is 0 Å². The van der Waals surface area contributed by atoms with Crippen LogP contribution in [0.3, 0.4) is 0 Å². The van der Waals surface area contributed by atoms with Crippen molar-refractivity contribution in [3.8, 4) is 0 Å². The molecule has 7 nitrogen and oxygen atoms in total. The Morgan fingerprint density at radius 1 is 1.00 bits per heavy atom. The van der Waals surface area contributed by atoms with Gasteiger partial charge in [-0.25, -0.2) is 14.8 Å². The van der Waals surface area contributed by atoms with Gasteiger partial charge >= 0.3 is 5.97 Å². The van der Waals surface area contributed by atoms with Crippen molar-refractivity contribution in [3.05, 3.63) is 53.9 Å². The Bertz CT molecular complexity index is 726. The van der Waals surface area contributed by atoms with Crippen LogP contribution in [0, 0.1) is 0 Å². The fourth-order valence-corrected chi connectivity index (χ4v) is 2.83. The zero-order chi connectivity index (χ0) is 17.6. The lowest BCUT2D eigenvalue weighted by Crippen LogP contribution is -2.49. The lowest BCUT2D eigenvalue weighted by atomic mass is 10.1. The van der Waals surface area contributed by atoms with Gasteiger partial charge in [0.1, 0.15) is 0 Å². The summed E-state index contributed by atoms with van der Waals surface area (Å²) < 4.78 is 0. The highest BCUT2D eigenvalue weighted by molar-refractivity contribution is 5.87. The molecule has 0 unspecified atom stereocenters. The summed E-state index contributed by atoms with van der Waals surface area (Å²) >= 11 is 0. The Morgan fingerprint density at radius 2 is 1.64 bits per heavy atom. The predicted octanol–water partition coefficient (Wildman–Crippen LogP) is 1.46. The van der Waals surface area contributed by atoms with Crippen LogP contribution in [0.25, 0.3) is 0 Å². The van der Waals surface area contributed by atoms with E-state index in [-0.39, 0.29) is 11.5 Å². The Hall–Kier alpha value is -2.96. The molecule has 0 atom stereocenters. The third-order valence-corrected chi connectivity index (χ3v) is 4.30. The minimum atomic E-state index is -0.942. The molecule has 1 amide bonds. The Morgan fingerprint density at radius 3 is 2.24 bits per heavy atom. The van der Waals surface area contributed by atoms with Crippen LogP contribution in [-0.2, 0) is 11.2 Å². The normalized spacial score (nSPS) is 14.4. The summed E-state index contributed by atoms with van der Waals surface area (Å²) in [6.45, 7) is 2.77. The van der Waals surface area contributed by atoms with Gasteiger partial charge in [0.2, 0.25) is 11.9 Å². The number of piperazine rings is 1. The Balaban J connectivity index is 1.47. The van der Waals surface area contributed by atoms with Gasteiger partial charge in [-0.2, -0.15) is 0 Å². The second kappa shape index (κ2) is 7.74. The number of aryl methyl sites for hydroxylation is 1. The molecule has 1 aliphatic rings. The summed E-state index contributed by atoms with van der Waals surface area (Å²) in [5, 5.41) is 8.89. The number of nitrogens with zero attached hydrogens (tertiary/aromatic N) is 4. The van der Waals surface area contributed by atoms with Crippen molar-refractivity contribution in [2.75, 3.05) is 31.1 Å². The highest BCUT2D eigenvalue weighted by atomic mass is 16.4. The number of carbonyl (C=O) groups excluding carboxylic acids is 1. The van der Waals surface area contributed by atoms with Crippen molar-refractivity contribution in [2.45, 2.75) is 12.8 Å². The summed E-state index contributed by atoms with van der Waals surface area (Å²) in [6, 6.07) is 8.46. The zero-order valence-corrected chi connectivity index (χ0v) is 13.8. The van der Waals surface area contributed by atoms with Gasteiger partial charge in [-0.15, -0.1) is 0 Å². The van der Waals surface area contributed by atoms with E-state index in [1.54, 1.807) is 42.7 Å². The largest absolute Gasteiger partial charge is 0.478 e. The van der Waals surface area contributed by atoms with Crippen LogP contribution in [0.15, 0.2) is 42.7 Å². The van der Waals surface area contributed by atoms with E-state index in [1.807, 2.05) is 4.90 Å². The number of rotatable bonds is 5. The maximum absolute atomic E-state index is 12.4. The van der Waals surface area contributed by atoms with E-state index in [4.69, 9.17) is 5.11 Å². The van der Waals surface area contributed by atoms with Gasteiger partial charge in [0.05, 0.1) is 5.56 Å². The van der Waals surface area contributed by atoms with Crippen molar-refractivity contribution in [2.24, 2.45) is 0 Å². The molecule has 3 rings (SSSR count). The fraction of sp³-hybridized carbons (Fsp3) is 0.333. The quantitative estimate of drug-likeness (QED) is 0.887. The van der Waals surface area contributed by atoms with Gasteiger partial charge in [-0.1, -0.05) is 12.1 Å². The number of carboxylic acid groups (broad SMARTS) is 1. The second-order valence-corrected chi connectivity index (χ2v) is 5.92. The number of benzene rings is 1. The van der Waals surface area contributed by atoms with Crippen LogP contribution in [0.4, 0.5) is 5.95 Å². The molecule has 7 heteroatoms. The molecule has 1 saturated heterocycles. The SMILES string of the molecule is O=C(O)c1ccc(CCC(=O)N2CCN(c3ncccn3)CC2)cc1. The number of anilines is 1. The van der Waals surface area contributed by atoms with E-state index in [2.05, 4.69) is 14.9 Å². The average molecular weight is 340 g/mol. The molecule has 1 aromatic heterocycles. The number of hydrogen-bond donors (Lipinski definition) is 1. The second-order valence-electron chi connectivity index (χ2n) is 5.92. The molecule has 0 spiro atoms. The highest BCUT2D eigenvalue weighted by Gasteiger charge is 2.22. The molecule has 0 bridgehead atoms. The van der Waals surface area contributed by atoms with Crippen molar-refractivity contribution >= 4 is 17.8 Å². The number of hydrogen-bond acceptors (Lipinski definition) is 5. The van der Waals surface area contributed by atoms with Crippen LogP contribution >= 0.6 is 0 Å². The molecule has 2 heterocycles. The maximum atomic E-state index is 12.4. The molecule has 130 valence electrons. The highest BCUT2D eigenvalue weighted by Crippen LogP contribution is 2.12. The molecule has 1 aromatic carbocycles. The molecule has 2 aromatic rings. The lowest BCUT2D eigenvalue weighted by molar-refractivity contribution is -0.131. The topological polar surface area (TPSA) is 86.6 Å². The van der Waals surface area contributed by atoms with Gasteiger partial charge in [0.25, 0.3) is 0 Å². The summed E-state index contributed by atoms with van der Waals surface area (Å²) in [7, 11) is 0. The van der Waals surface area contributed by atoms with Crippen LogP contribution < -0.4 is 4.90 Å². The number of amides is 1. The smallest absolute Gasteiger partial charge is 0.335 e. The van der Waals surface area contributed by atoms with Gasteiger partial charge < -0.3 is 14.9 Å². The van der Waals surface area contributed by atoms with E-state index in [0.29, 0.717) is 31.9 Å². The monoisotopic (exact) mass is 340 g/mol. The molecule has 25 heavy (non-hydrogen) atoms. The van der Waals surface area contributed by atoms with Gasteiger partial charge in [-0.3, -0.25) is 4.79 Å². The fourth-order valence-electron chi connectivity index (χ4n) is 2.83. The summed E-state index contributed by atoms with van der Waals surface area (Å²) in [6.07, 6.45) is 4.47. The standard InChI is InChI=1S/C18H20N4O3/c23-16(7-4-14-2-5-15(6-3-14)17(24)25)21-10-12-22(13-11-21)18-19-8-1-9-20-18/h1-3,5-6,8-9H,4,7,10-13H2,(H,24,25). The first-order chi connectivity index (χ1) is 12.1. The number of carbonyl (C=O) groups is 2. The number of aromatic nitrogens is 2. The summed E-state index contributed by atoms with van der Waals surface area (Å²) in [5.41, 5.74) is 1.23.